The van der Waals surface area contributed by atoms with Crippen LogP contribution in [0, 0.1) is 0 Å². The van der Waals surface area contributed by atoms with Crippen molar-refractivity contribution in [2.24, 2.45) is 0 Å². The van der Waals surface area contributed by atoms with Crippen molar-refractivity contribution in [2.45, 2.75) is 0 Å². The first-order valence-corrected chi connectivity index (χ1v) is 19.0. The maximum Gasteiger partial charge on any atom is 0.161 e. The summed E-state index contributed by atoms with van der Waals surface area (Å²) in [6.07, 6.45) is 0. The molecule has 3 nitrogen and oxygen atoms in total. The van der Waals surface area contributed by atoms with Crippen molar-refractivity contribution >= 4 is 64.4 Å². The van der Waals surface area contributed by atoms with Gasteiger partial charge in [-0.05, 0) is 80.6 Å². The maximum atomic E-state index is 6.51. The van der Waals surface area contributed by atoms with E-state index in [4.69, 9.17) is 14.4 Å². The minimum absolute atomic E-state index is 0.684. The van der Waals surface area contributed by atoms with E-state index >= 15 is 0 Å². The average Bonchev–Trinajstić information content (AvgIpc) is 3.82. The lowest BCUT2D eigenvalue weighted by molar-refractivity contribution is 0.669. The Balaban J connectivity index is 1.11. The summed E-state index contributed by atoms with van der Waals surface area (Å²) in [4.78, 5) is 10.8. The lowest BCUT2D eigenvalue weighted by atomic mass is 9.93. The first-order valence-electron chi connectivity index (χ1n) is 18.1. The van der Waals surface area contributed by atoms with Crippen molar-refractivity contribution in [1.82, 2.24) is 9.97 Å². The second kappa shape index (κ2) is 12.4. The molecule has 0 aliphatic carbocycles. The molecule has 11 rings (SSSR count). The summed E-state index contributed by atoms with van der Waals surface area (Å²) in [6.45, 7) is 0. The van der Waals surface area contributed by atoms with Crippen LogP contribution < -0.4 is 0 Å². The Morgan fingerprint density at radius 3 is 1.87 bits per heavy atom. The van der Waals surface area contributed by atoms with Crippen LogP contribution in [0.1, 0.15) is 0 Å². The molecule has 0 bridgehead atoms. The number of hydrogen-bond donors (Lipinski definition) is 0. The van der Waals surface area contributed by atoms with Gasteiger partial charge in [-0.3, -0.25) is 0 Å². The SMILES string of the molecule is c1ccc(-c2ccc3cc(-c4nc(-c5cccc6oc7ccc(-c8ccccc8-c8ccccc8)cc7c56)nc5c4sc4ccccc45)ccc3c2)cc1. The molecule has 0 aliphatic rings. The molecule has 0 saturated heterocycles. The fourth-order valence-corrected chi connectivity index (χ4v) is 9.05. The Kier molecular flexibility index (Phi) is 7.04. The van der Waals surface area contributed by atoms with E-state index < -0.39 is 0 Å². The molecule has 0 radical (unpaired) electrons. The van der Waals surface area contributed by atoms with E-state index in [0.717, 1.165) is 59.9 Å². The second-order valence-corrected chi connectivity index (χ2v) is 14.8. The number of furan rings is 1. The fraction of sp³-hybridized carbons (Fsp3) is 0. The number of benzene rings is 8. The van der Waals surface area contributed by atoms with E-state index in [1.54, 1.807) is 11.3 Å². The number of fused-ring (bicyclic) bond motifs is 7. The Morgan fingerprint density at radius 1 is 0.407 bits per heavy atom. The molecule has 0 unspecified atom stereocenters. The van der Waals surface area contributed by atoms with Crippen molar-refractivity contribution in [3.63, 3.8) is 0 Å². The number of thiophene rings is 1. The van der Waals surface area contributed by atoms with Gasteiger partial charge in [0, 0.05) is 32.0 Å². The zero-order valence-electron chi connectivity index (χ0n) is 29.0. The molecule has 0 amide bonds. The topological polar surface area (TPSA) is 38.9 Å². The van der Waals surface area contributed by atoms with Crippen molar-refractivity contribution in [3.05, 3.63) is 182 Å². The van der Waals surface area contributed by atoms with Crippen LogP contribution in [0.15, 0.2) is 186 Å². The number of nitrogens with zero attached hydrogens (tertiary/aromatic N) is 2. The first kappa shape index (κ1) is 30.7. The fourth-order valence-electron chi connectivity index (χ4n) is 7.90. The predicted octanol–water partition coefficient (Wildman–Crippen LogP) is 14.2. The van der Waals surface area contributed by atoms with Crippen LogP contribution in [-0.2, 0) is 0 Å². The van der Waals surface area contributed by atoms with Crippen LogP contribution in [0.3, 0.4) is 0 Å². The molecule has 0 atom stereocenters. The molecule has 11 aromatic rings. The van der Waals surface area contributed by atoms with Gasteiger partial charge in [0.15, 0.2) is 5.82 Å². The van der Waals surface area contributed by atoms with Crippen LogP contribution in [0.25, 0.3) is 109 Å². The molecule has 8 aromatic carbocycles. The Labute approximate surface area is 315 Å². The average molecular weight is 707 g/mol. The highest BCUT2D eigenvalue weighted by Crippen LogP contribution is 2.43. The highest BCUT2D eigenvalue weighted by Gasteiger charge is 2.21. The first-order chi connectivity index (χ1) is 26.7. The molecule has 54 heavy (non-hydrogen) atoms. The molecule has 252 valence electrons. The molecule has 0 N–H and O–H groups in total. The van der Waals surface area contributed by atoms with E-state index in [0.29, 0.717) is 5.82 Å². The molecule has 3 aromatic heterocycles. The predicted molar refractivity (Wildman–Crippen MR) is 227 cm³/mol. The van der Waals surface area contributed by atoms with E-state index in [2.05, 4.69) is 170 Å². The van der Waals surface area contributed by atoms with E-state index in [1.165, 1.54) is 43.3 Å². The van der Waals surface area contributed by atoms with E-state index in [9.17, 15) is 0 Å². The second-order valence-electron chi connectivity index (χ2n) is 13.7. The highest BCUT2D eigenvalue weighted by atomic mass is 32.1. The van der Waals surface area contributed by atoms with Gasteiger partial charge in [0.25, 0.3) is 0 Å². The summed E-state index contributed by atoms with van der Waals surface area (Å²) in [5.74, 6) is 0.684. The summed E-state index contributed by atoms with van der Waals surface area (Å²) < 4.78 is 8.80. The van der Waals surface area contributed by atoms with Crippen LogP contribution >= 0.6 is 11.3 Å². The summed E-state index contributed by atoms with van der Waals surface area (Å²) in [5.41, 5.74) is 12.7. The van der Waals surface area contributed by atoms with Gasteiger partial charge in [-0.2, -0.15) is 0 Å². The van der Waals surface area contributed by atoms with Gasteiger partial charge in [-0.25, -0.2) is 9.97 Å². The molecule has 0 fully saturated rings. The van der Waals surface area contributed by atoms with Crippen molar-refractivity contribution in [1.29, 1.82) is 0 Å². The molecule has 0 spiro atoms. The third-order valence-electron chi connectivity index (χ3n) is 10.5. The highest BCUT2D eigenvalue weighted by molar-refractivity contribution is 7.26. The molecular formula is C50H30N2OS. The Hall–Kier alpha value is -6.88. The summed E-state index contributed by atoms with van der Waals surface area (Å²) in [5, 5.41) is 5.57. The molecular weight excluding hydrogens is 677 g/mol. The number of rotatable bonds is 5. The van der Waals surface area contributed by atoms with E-state index in [-0.39, 0.29) is 0 Å². The third kappa shape index (κ3) is 5.03. The van der Waals surface area contributed by atoms with Crippen LogP contribution in [0.4, 0.5) is 0 Å². The van der Waals surface area contributed by atoms with Crippen molar-refractivity contribution in [3.8, 4) is 56.0 Å². The third-order valence-corrected chi connectivity index (χ3v) is 11.7. The summed E-state index contributed by atoms with van der Waals surface area (Å²) in [7, 11) is 0. The number of hydrogen-bond acceptors (Lipinski definition) is 4. The lowest BCUT2D eigenvalue weighted by Gasteiger charge is -2.11. The number of aromatic nitrogens is 2. The van der Waals surface area contributed by atoms with E-state index in [1.807, 2.05) is 12.1 Å². The molecule has 3 heterocycles. The largest absolute Gasteiger partial charge is 0.456 e. The normalized spacial score (nSPS) is 11.7. The van der Waals surface area contributed by atoms with Gasteiger partial charge in [0.2, 0.25) is 0 Å². The van der Waals surface area contributed by atoms with Crippen LogP contribution in [0.2, 0.25) is 0 Å². The van der Waals surface area contributed by atoms with Gasteiger partial charge < -0.3 is 4.42 Å². The van der Waals surface area contributed by atoms with Crippen LogP contribution in [0.5, 0.6) is 0 Å². The molecule has 4 heteroatoms. The van der Waals surface area contributed by atoms with Crippen molar-refractivity contribution < 1.29 is 4.42 Å². The minimum atomic E-state index is 0.684. The van der Waals surface area contributed by atoms with Crippen LogP contribution in [-0.4, -0.2) is 9.97 Å². The van der Waals surface area contributed by atoms with Gasteiger partial charge in [-0.1, -0.05) is 146 Å². The monoisotopic (exact) mass is 706 g/mol. The van der Waals surface area contributed by atoms with Gasteiger partial charge in [0.05, 0.1) is 15.9 Å². The Morgan fingerprint density at radius 2 is 1.06 bits per heavy atom. The van der Waals surface area contributed by atoms with Gasteiger partial charge >= 0.3 is 0 Å². The van der Waals surface area contributed by atoms with Gasteiger partial charge in [-0.15, -0.1) is 11.3 Å². The minimum Gasteiger partial charge on any atom is -0.456 e. The summed E-state index contributed by atoms with van der Waals surface area (Å²) >= 11 is 1.76. The van der Waals surface area contributed by atoms with Gasteiger partial charge in [0.1, 0.15) is 11.2 Å². The Bertz CT molecular complexity index is 3220. The smallest absolute Gasteiger partial charge is 0.161 e. The van der Waals surface area contributed by atoms with Crippen molar-refractivity contribution in [2.75, 3.05) is 0 Å². The molecule has 0 saturated carbocycles. The quantitative estimate of drug-likeness (QED) is 0.179. The zero-order chi connectivity index (χ0) is 35.6. The molecule has 0 aliphatic heterocycles. The standard InChI is InChI=1S/C50H30N2OS/c1-3-12-31(13-4-1)33-22-23-35-29-37(25-24-34(35)28-33)47-49-48(40-18-9-10-21-45(40)54-49)52-50(51-47)41-19-11-20-44-46(41)42-30-36(26-27-43(42)53-44)39-17-8-7-16-38(39)32-14-5-2-6-15-32/h1-30H. The zero-order valence-corrected chi connectivity index (χ0v) is 29.8. The lowest BCUT2D eigenvalue weighted by Crippen LogP contribution is -1.94. The summed E-state index contributed by atoms with van der Waals surface area (Å²) in [6, 6.07) is 64.4. The maximum absolute atomic E-state index is 6.51.